The molecule has 0 saturated heterocycles. The fourth-order valence-electron chi connectivity index (χ4n) is 3.46. The summed E-state index contributed by atoms with van der Waals surface area (Å²) in [6, 6.07) is 26.5. The predicted molar refractivity (Wildman–Crippen MR) is 123 cm³/mol. The number of aromatic nitrogens is 1. The molecule has 0 unspecified atom stereocenters. The summed E-state index contributed by atoms with van der Waals surface area (Å²) in [6.07, 6.45) is 3.67. The van der Waals surface area contributed by atoms with Gasteiger partial charge >= 0.3 is 0 Å². The van der Waals surface area contributed by atoms with E-state index in [1.165, 1.54) is 0 Å². The lowest BCUT2D eigenvalue weighted by Crippen LogP contribution is -2.34. The van der Waals surface area contributed by atoms with Crippen molar-refractivity contribution < 1.29 is 9.59 Å². The number of nitrogens with one attached hydrogen (secondary N) is 2. The number of amides is 2. The molecule has 2 N–H and O–H groups in total. The molecule has 1 aromatic heterocycles. The maximum absolute atomic E-state index is 13.0. The Morgan fingerprint density at radius 1 is 0.871 bits per heavy atom. The van der Waals surface area contributed by atoms with E-state index < -0.39 is 0 Å². The molecular weight excluding hydrogens is 386 g/mol. The fraction of sp³-hybridized carbons (Fsp3) is 0.0769. The van der Waals surface area contributed by atoms with Crippen LogP contribution in [0.15, 0.2) is 96.8 Å². The van der Waals surface area contributed by atoms with Crippen LogP contribution in [0.1, 0.15) is 21.5 Å². The molecule has 0 aliphatic heterocycles. The van der Waals surface area contributed by atoms with Gasteiger partial charge < -0.3 is 15.2 Å². The van der Waals surface area contributed by atoms with Crippen molar-refractivity contribution in [1.82, 2.24) is 15.2 Å². The maximum Gasteiger partial charge on any atom is 0.268 e. The van der Waals surface area contributed by atoms with Gasteiger partial charge in [0.2, 0.25) is 0 Å². The van der Waals surface area contributed by atoms with Gasteiger partial charge in [0.15, 0.2) is 0 Å². The van der Waals surface area contributed by atoms with Gasteiger partial charge in [-0.15, -0.1) is 0 Å². The summed E-state index contributed by atoms with van der Waals surface area (Å²) in [7, 11) is 1.96. The van der Waals surface area contributed by atoms with Crippen LogP contribution in [0, 0.1) is 0 Å². The first-order valence-corrected chi connectivity index (χ1v) is 10.1. The van der Waals surface area contributed by atoms with Gasteiger partial charge in [0.25, 0.3) is 11.8 Å². The van der Waals surface area contributed by atoms with Crippen molar-refractivity contribution in [2.45, 2.75) is 6.54 Å². The summed E-state index contributed by atoms with van der Waals surface area (Å²) in [6.45, 7) is 0.369. The van der Waals surface area contributed by atoms with Crippen molar-refractivity contribution in [1.29, 1.82) is 0 Å². The van der Waals surface area contributed by atoms with Gasteiger partial charge in [0.05, 0.1) is 0 Å². The van der Waals surface area contributed by atoms with Crippen molar-refractivity contribution in [3.05, 3.63) is 114 Å². The highest BCUT2D eigenvalue weighted by Gasteiger charge is 2.16. The number of aryl methyl sites for hydroxylation is 1. The molecule has 0 atom stereocenters. The van der Waals surface area contributed by atoms with E-state index in [9.17, 15) is 9.59 Å². The van der Waals surface area contributed by atoms with Crippen molar-refractivity contribution >= 4 is 28.8 Å². The van der Waals surface area contributed by atoms with Gasteiger partial charge in [-0.2, -0.15) is 0 Å². The molecule has 0 aliphatic carbocycles. The quantitative estimate of drug-likeness (QED) is 0.467. The SMILES string of the molecule is Cn1cc(C=C(NC(=O)c2ccccc2)C(=O)NCc2ccccc2)c2ccccc21. The highest BCUT2D eigenvalue weighted by Crippen LogP contribution is 2.22. The zero-order valence-corrected chi connectivity index (χ0v) is 17.2. The lowest BCUT2D eigenvalue weighted by Gasteiger charge is -2.11. The summed E-state index contributed by atoms with van der Waals surface area (Å²) < 4.78 is 2.00. The Morgan fingerprint density at radius 3 is 2.26 bits per heavy atom. The average molecular weight is 409 g/mol. The molecule has 0 spiro atoms. The smallest absolute Gasteiger partial charge is 0.268 e. The van der Waals surface area contributed by atoms with Crippen molar-refractivity contribution in [2.75, 3.05) is 0 Å². The van der Waals surface area contributed by atoms with Gasteiger partial charge in [-0.3, -0.25) is 9.59 Å². The van der Waals surface area contributed by atoms with Crippen LogP contribution in [-0.4, -0.2) is 16.4 Å². The second-order valence-corrected chi connectivity index (χ2v) is 7.26. The first-order chi connectivity index (χ1) is 15.1. The Morgan fingerprint density at radius 2 is 1.52 bits per heavy atom. The van der Waals surface area contributed by atoms with Gasteiger partial charge in [-0.05, 0) is 29.8 Å². The summed E-state index contributed by atoms with van der Waals surface area (Å²) in [5, 5.41) is 6.70. The number of para-hydroxylation sites is 1. The number of hydrogen-bond donors (Lipinski definition) is 2. The van der Waals surface area contributed by atoms with Crippen molar-refractivity contribution in [3.8, 4) is 0 Å². The molecule has 3 aromatic carbocycles. The Hall–Kier alpha value is -4.12. The first kappa shape index (κ1) is 20.2. The first-order valence-electron chi connectivity index (χ1n) is 10.1. The zero-order valence-electron chi connectivity index (χ0n) is 17.2. The minimum atomic E-state index is -0.346. The van der Waals surface area contributed by atoms with E-state index in [-0.39, 0.29) is 17.5 Å². The third kappa shape index (κ3) is 4.73. The molecule has 0 saturated carbocycles. The highest BCUT2D eigenvalue weighted by atomic mass is 16.2. The average Bonchev–Trinajstić information content (AvgIpc) is 3.13. The third-order valence-corrected chi connectivity index (χ3v) is 5.05. The number of carbonyl (C=O) groups excluding carboxylic acids is 2. The zero-order chi connectivity index (χ0) is 21.6. The number of rotatable bonds is 6. The molecule has 0 fully saturated rings. The predicted octanol–water partition coefficient (Wildman–Crippen LogP) is 4.27. The van der Waals surface area contributed by atoms with Crippen LogP contribution in [0.2, 0.25) is 0 Å². The van der Waals surface area contributed by atoms with Crippen molar-refractivity contribution in [3.63, 3.8) is 0 Å². The lowest BCUT2D eigenvalue weighted by molar-refractivity contribution is -0.117. The molecule has 0 bridgehead atoms. The Balaban J connectivity index is 1.65. The second kappa shape index (κ2) is 9.13. The molecule has 2 amide bonds. The van der Waals surface area contributed by atoms with Crippen LogP contribution in [0.4, 0.5) is 0 Å². The molecular formula is C26H23N3O2. The number of carbonyl (C=O) groups is 2. The van der Waals surface area contributed by atoms with Crippen LogP contribution in [0.25, 0.3) is 17.0 Å². The molecule has 0 radical (unpaired) electrons. The van der Waals surface area contributed by atoms with E-state index in [2.05, 4.69) is 10.6 Å². The molecule has 4 rings (SSSR count). The van der Waals surface area contributed by atoms with Gasteiger partial charge in [-0.25, -0.2) is 0 Å². The fourth-order valence-corrected chi connectivity index (χ4v) is 3.46. The monoisotopic (exact) mass is 409 g/mol. The van der Waals surface area contributed by atoms with Crippen LogP contribution in [-0.2, 0) is 18.4 Å². The molecule has 5 heteroatoms. The van der Waals surface area contributed by atoms with E-state index >= 15 is 0 Å². The third-order valence-electron chi connectivity index (χ3n) is 5.05. The molecule has 154 valence electrons. The summed E-state index contributed by atoms with van der Waals surface area (Å²) in [5.74, 6) is -0.678. The second-order valence-electron chi connectivity index (χ2n) is 7.26. The van der Waals surface area contributed by atoms with Gasteiger partial charge in [-0.1, -0.05) is 66.7 Å². The van der Waals surface area contributed by atoms with E-state index in [4.69, 9.17) is 0 Å². The van der Waals surface area contributed by atoms with E-state index in [0.29, 0.717) is 12.1 Å². The van der Waals surface area contributed by atoms with Crippen LogP contribution >= 0.6 is 0 Å². The largest absolute Gasteiger partial charge is 0.350 e. The highest BCUT2D eigenvalue weighted by molar-refractivity contribution is 6.06. The normalized spacial score (nSPS) is 11.3. The summed E-state index contributed by atoms with van der Waals surface area (Å²) >= 11 is 0. The minimum Gasteiger partial charge on any atom is -0.350 e. The Labute approximate surface area is 181 Å². The van der Waals surface area contributed by atoms with Crippen LogP contribution in [0.3, 0.4) is 0 Å². The summed E-state index contributed by atoms with van der Waals surface area (Å²) in [4.78, 5) is 25.8. The van der Waals surface area contributed by atoms with Gasteiger partial charge in [0.1, 0.15) is 5.70 Å². The molecule has 5 nitrogen and oxygen atoms in total. The van der Waals surface area contributed by atoms with E-state index in [0.717, 1.165) is 22.0 Å². The van der Waals surface area contributed by atoms with E-state index in [1.54, 1.807) is 30.3 Å². The molecule has 4 aromatic rings. The van der Waals surface area contributed by atoms with Crippen LogP contribution < -0.4 is 10.6 Å². The molecule has 31 heavy (non-hydrogen) atoms. The maximum atomic E-state index is 13.0. The topological polar surface area (TPSA) is 63.1 Å². The van der Waals surface area contributed by atoms with E-state index in [1.807, 2.05) is 78.5 Å². The Bertz CT molecular complexity index is 1240. The minimum absolute atomic E-state index is 0.195. The van der Waals surface area contributed by atoms with Crippen LogP contribution in [0.5, 0.6) is 0 Å². The Kier molecular flexibility index (Phi) is 5.94. The molecule has 0 aliphatic rings. The van der Waals surface area contributed by atoms with Crippen molar-refractivity contribution in [2.24, 2.45) is 7.05 Å². The van der Waals surface area contributed by atoms with Gasteiger partial charge in [0, 0.05) is 41.8 Å². The number of fused-ring (bicyclic) bond motifs is 1. The number of hydrogen-bond acceptors (Lipinski definition) is 2. The number of benzene rings is 3. The lowest BCUT2D eigenvalue weighted by atomic mass is 10.1. The number of nitrogens with zero attached hydrogens (tertiary/aromatic N) is 1. The standard InChI is InChI=1S/C26H23N3O2/c1-29-18-21(22-14-8-9-15-24(22)29)16-23(28-25(30)20-12-6-3-7-13-20)26(31)27-17-19-10-4-2-5-11-19/h2-16,18H,17H2,1H3,(H,27,31)(H,28,30). The molecule has 1 heterocycles. The summed E-state index contributed by atoms with van der Waals surface area (Å²) in [5.41, 5.74) is 3.57.